The maximum atomic E-state index is 4.94. The molecular weight excluding hydrogens is 272 g/mol. The number of hydrogen-bond acceptors (Lipinski definition) is 3. The summed E-state index contributed by atoms with van der Waals surface area (Å²) >= 11 is 0. The summed E-state index contributed by atoms with van der Waals surface area (Å²) in [6, 6.07) is 4.10. The summed E-state index contributed by atoms with van der Waals surface area (Å²) in [7, 11) is 0. The van der Waals surface area contributed by atoms with Crippen molar-refractivity contribution in [3.05, 3.63) is 47.8 Å². The number of aryl methyl sites for hydroxylation is 1. The molecule has 22 heavy (non-hydrogen) atoms. The van der Waals surface area contributed by atoms with Gasteiger partial charge in [0.25, 0.3) is 0 Å². The van der Waals surface area contributed by atoms with Gasteiger partial charge in [-0.1, -0.05) is 26.8 Å². The van der Waals surface area contributed by atoms with Crippen molar-refractivity contribution in [3.8, 4) is 0 Å². The van der Waals surface area contributed by atoms with E-state index in [9.17, 15) is 0 Å². The molecule has 1 aliphatic rings. The van der Waals surface area contributed by atoms with E-state index in [2.05, 4.69) is 47.9 Å². The van der Waals surface area contributed by atoms with Crippen molar-refractivity contribution in [3.63, 3.8) is 0 Å². The van der Waals surface area contributed by atoms with Crippen LogP contribution in [0.15, 0.2) is 30.7 Å². The Balaban J connectivity index is 1.65. The van der Waals surface area contributed by atoms with Crippen molar-refractivity contribution in [1.29, 1.82) is 0 Å². The zero-order valence-corrected chi connectivity index (χ0v) is 13.8. The summed E-state index contributed by atoms with van der Waals surface area (Å²) in [5.41, 5.74) is 2.57. The second-order valence-electron chi connectivity index (χ2n) is 7.26. The standard InChI is InChI=1S/C18H26N4/c1-18(2,3)16-13-22-9-5-7-15(17(22)21-16)12-20-11-14-6-4-8-19-10-14/h4,6,8,10,13,15,20H,5,7,9,11-12H2,1-3H3/t15-/m0/s1. The molecule has 1 atom stereocenters. The fourth-order valence-corrected chi connectivity index (χ4v) is 3.02. The highest BCUT2D eigenvalue weighted by Gasteiger charge is 2.26. The van der Waals surface area contributed by atoms with Gasteiger partial charge < -0.3 is 9.88 Å². The molecule has 0 aliphatic carbocycles. The fraction of sp³-hybridized carbons (Fsp3) is 0.556. The van der Waals surface area contributed by atoms with E-state index in [1.54, 1.807) is 0 Å². The zero-order chi connectivity index (χ0) is 15.6. The summed E-state index contributed by atoms with van der Waals surface area (Å²) in [5.74, 6) is 1.77. The van der Waals surface area contributed by atoms with Crippen LogP contribution in [0.2, 0.25) is 0 Å². The summed E-state index contributed by atoms with van der Waals surface area (Å²) in [4.78, 5) is 9.10. The normalized spacial score (nSPS) is 18.2. The first-order valence-corrected chi connectivity index (χ1v) is 8.21. The molecule has 1 N–H and O–H groups in total. The van der Waals surface area contributed by atoms with Crippen LogP contribution in [0.25, 0.3) is 0 Å². The Labute approximate surface area is 133 Å². The molecule has 0 unspecified atom stereocenters. The monoisotopic (exact) mass is 298 g/mol. The van der Waals surface area contributed by atoms with Gasteiger partial charge in [0.1, 0.15) is 5.82 Å². The molecule has 0 radical (unpaired) electrons. The van der Waals surface area contributed by atoms with Crippen molar-refractivity contribution >= 4 is 0 Å². The smallest absolute Gasteiger partial charge is 0.113 e. The minimum absolute atomic E-state index is 0.123. The fourth-order valence-electron chi connectivity index (χ4n) is 3.02. The predicted octanol–water partition coefficient (Wildman–Crippen LogP) is 3.24. The average molecular weight is 298 g/mol. The molecule has 4 heteroatoms. The highest BCUT2D eigenvalue weighted by molar-refractivity contribution is 5.17. The first kappa shape index (κ1) is 15.2. The number of nitrogens with zero attached hydrogens (tertiary/aromatic N) is 3. The Morgan fingerprint density at radius 3 is 2.95 bits per heavy atom. The van der Waals surface area contributed by atoms with Gasteiger partial charge in [0.15, 0.2) is 0 Å². The minimum atomic E-state index is 0.123. The van der Waals surface area contributed by atoms with Gasteiger partial charge in [-0.3, -0.25) is 4.98 Å². The van der Waals surface area contributed by atoms with E-state index < -0.39 is 0 Å². The summed E-state index contributed by atoms with van der Waals surface area (Å²) < 4.78 is 2.36. The van der Waals surface area contributed by atoms with Crippen molar-refractivity contribution in [1.82, 2.24) is 19.9 Å². The molecule has 0 fully saturated rings. The number of hydrogen-bond donors (Lipinski definition) is 1. The van der Waals surface area contributed by atoms with Crippen LogP contribution >= 0.6 is 0 Å². The van der Waals surface area contributed by atoms with Crippen LogP contribution in [0.5, 0.6) is 0 Å². The van der Waals surface area contributed by atoms with Crippen LogP contribution < -0.4 is 5.32 Å². The molecule has 0 saturated carbocycles. The molecule has 0 bridgehead atoms. The Kier molecular flexibility index (Phi) is 4.30. The van der Waals surface area contributed by atoms with Crippen molar-refractivity contribution in [2.75, 3.05) is 6.54 Å². The lowest BCUT2D eigenvalue weighted by atomic mass is 9.93. The Bertz CT molecular complexity index is 610. The molecule has 3 rings (SSSR count). The molecule has 3 heterocycles. The third-order valence-corrected chi connectivity index (χ3v) is 4.34. The minimum Gasteiger partial charge on any atom is -0.334 e. The van der Waals surface area contributed by atoms with Gasteiger partial charge in [0.05, 0.1) is 5.69 Å². The SMILES string of the molecule is CC(C)(C)c1cn2c(n1)[C@H](CNCc1cccnc1)CCC2. The Morgan fingerprint density at radius 1 is 1.36 bits per heavy atom. The van der Waals surface area contributed by atoms with E-state index in [-0.39, 0.29) is 5.41 Å². The number of aromatic nitrogens is 3. The third-order valence-electron chi connectivity index (χ3n) is 4.34. The molecule has 2 aromatic rings. The highest BCUT2D eigenvalue weighted by Crippen LogP contribution is 2.30. The van der Waals surface area contributed by atoms with Gasteiger partial charge in [-0.15, -0.1) is 0 Å². The van der Waals surface area contributed by atoms with Crippen LogP contribution in [-0.4, -0.2) is 21.1 Å². The van der Waals surface area contributed by atoms with Gasteiger partial charge in [-0.05, 0) is 24.5 Å². The third kappa shape index (κ3) is 3.38. The number of imidazole rings is 1. The molecule has 0 saturated heterocycles. The van der Waals surface area contributed by atoms with Gasteiger partial charge in [-0.2, -0.15) is 0 Å². The lowest BCUT2D eigenvalue weighted by molar-refractivity contribution is 0.422. The number of fused-ring (bicyclic) bond motifs is 1. The first-order chi connectivity index (χ1) is 10.5. The summed E-state index contributed by atoms with van der Waals surface area (Å²) in [6.07, 6.45) is 8.46. The zero-order valence-electron chi connectivity index (χ0n) is 13.8. The van der Waals surface area contributed by atoms with Gasteiger partial charge in [-0.25, -0.2) is 4.98 Å². The number of rotatable bonds is 4. The largest absolute Gasteiger partial charge is 0.334 e. The molecular formula is C18H26N4. The average Bonchev–Trinajstić information content (AvgIpc) is 2.93. The maximum absolute atomic E-state index is 4.94. The molecule has 1 aliphatic heterocycles. The predicted molar refractivity (Wildman–Crippen MR) is 88.8 cm³/mol. The van der Waals surface area contributed by atoms with E-state index in [0.29, 0.717) is 5.92 Å². The second-order valence-corrected chi connectivity index (χ2v) is 7.26. The highest BCUT2D eigenvalue weighted by atomic mass is 15.1. The Hall–Kier alpha value is -1.68. The quantitative estimate of drug-likeness (QED) is 0.942. The van der Waals surface area contributed by atoms with Crippen LogP contribution in [0, 0.1) is 0 Å². The van der Waals surface area contributed by atoms with E-state index >= 15 is 0 Å². The summed E-state index contributed by atoms with van der Waals surface area (Å²) in [5, 5.41) is 3.57. The van der Waals surface area contributed by atoms with E-state index in [4.69, 9.17) is 4.98 Å². The van der Waals surface area contributed by atoms with Gasteiger partial charge >= 0.3 is 0 Å². The van der Waals surface area contributed by atoms with Crippen molar-refractivity contribution in [2.24, 2.45) is 0 Å². The van der Waals surface area contributed by atoms with Crippen LogP contribution in [0.1, 0.15) is 56.6 Å². The lowest BCUT2D eigenvalue weighted by Gasteiger charge is -2.23. The summed E-state index contributed by atoms with van der Waals surface area (Å²) in [6.45, 7) is 9.66. The maximum Gasteiger partial charge on any atom is 0.113 e. The van der Waals surface area contributed by atoms with Crippen molar-refractivity contribution < 1.29 is 0 Å². The molecule has 0 spiro atoms. The van der Waals surface area contributed by atoms with E-state index in [1.165, 1.54) is 29.9 Å². The topological polar surface area (TPSA) is 42.7 Å². The lowest BCUT2D eigenvalue weighted by Crippen LogP contribution is -2.26. The molecule has 2 aromatic heterocycles. The first-order valence-electron chi connectivity index (χ1n) is 8.21. The van der Waals surface area contributed by atoms with Crippen LogP contribution in [-0.2, 0) is 18.5 Å². The van der Waals surface area contributed by atoms with E-state index in [1.807, 2.05) is 18.5 Å². The Morgan fingerprint density at radius 2 is 2.23 bits per heavy atom. The van der Waals surface area contributed by atoms with Crippen LogP contribution in [0.3, 0.4) is 0 Å². The number of pyridine rings is 1. The van der Waals surface area contributed by atoms with E-state index in [0.717, 1.165) is 19.6 Å². The molecule has 0 amide bonds. The second kappa shape index (κ2) is 6.21. The van der Waals surface area contributed by atoms with Gasteiger partial charge in [0, 0.05) is 49.6 Å². The molecule has 118 valence electrons. The van der Waals surface area contributed by atoms with Gasteiger partial charge in [0.2, 0.25) is 0 Å². The van der Waals surface area contributed by atoms with Crippen molar-refractivity contribution in [2.45, 2.75) is 58.0 Å². The van der Waals surface area contributed by atoms with Crippen LogP contribution in [0.4, 0.5) is 0 Å². The number of nitrogens with one attached hydrogen (secondary N) is 1. The molecule has 4 nitrogen and oxygen atoms in total. The molecule has 0 aromatic carbocycles.